The van der Waals surface area contributed by atoms with E-state index >= 15 is 0 Å². The minimum absolute atomic E-state index is 0.113. The number of nitrogens with zero attached hydrogens (tertiary/aromatic N) is 2. The highest BCUT2D eigenvalue weighted by Gasteiger charge is 2.35. The summed E-state index contributed by atoms with van der Waals surface area (Å²) in [4.78, 5) is 10.1. The number of rotatable bonds is 6. The van der Waals surface area contributed by atoms with E-state index in [1.54, 1.807) is 0 Å². The summed E-state index contributed by atoms with van der Waals surface area (Å²) in [6, 6.07) is 62.6. The zero-order valence-corrected chi connectivity index (χ0v) is 33.3. The molecule has 0 bridgehead atoms. The van der Waals surface area contributed by atoms with E-state index in [2.05, 4.69) is 181 Å². The molecule has 9 aromatic rings. The van der Waals surface area contributed by atoms with Crippen LogP contribution in [0, 0.1) is 0 Å². The first kappa shape index (κ1) is 35.2. The number of fused-ring (bicyclic) bond motifs is 8. The van der Waals surface area contributed by atoms with E-state index in [9.17, 15) is 0 Å². The molecule has 0 saturated carbocycles. The number of aromatic nitrogens is 2. The van der Waals surface area contributed by atoms with Gasteiger partial charge in [0.1, 0.15) is 5.75 Å². The molecule has 61 heavy (non-hydrogen) atoms. The summed E-state index contributed by atoms with van der Waals surface area (Å²) in [6.07, 6.45) is 8.24. The van der Waals surface area contributed by atoms with Gasteiger partial charge in [0.2, 0.25) is 0 Å². The van der Waals surface area contributed by atoms with Crippen LogP contribution < -0.4 is 15.4 Å². The summed E-state index contributed by atoms with van der Waals surface area (Å²) >= 11 is 0. The summed E-state index contributed by atoms with van der Waals surface area (Å²) in [6.45, 7) is 0. The van der Waals surface area contributed by atoms with Gasteiger partial charge in [-0.2, -0.15) is 0 Å². The molecule has 0 radical (unpaired) electrons. The Morgan fingerprint density at radius 1 is 0.541 bits per heavy atom. The summed E-state index contributed by atoms with van der Waals surface area (Å²) in [7, 11) is 0. The van der Waals surface area contributed by atoms with Crippen LogP contribution in [0.5, 0.6) is 5.75 Å². The van der Waals surface area contributed by atoms with Gasteiger partial charge in [-0.1, -0.05) is 170 Å². The number of ether oxygens (including phenoxy) is 1. The van der Waals surface area contributed by atoms with Crippen molar-refractivity contribution in [3.8, 4) is 50.6 Å². The largest absolute Gasteiger partial charge is 0.464 e. The fraction of sp³-hybridized carbons (Fsp3) is 0.0714. The molecule has 2 N–H and O–H groups in total. The molecule has 2 atom stereocenters. The summed E-state index contributed by atoms with van der Waals surface area (Å²) in [5, 5.41) is 12.9. The van der Waals surface area contributed by atoms with Crippen LogP contribution in [0.15, 0.2) is 194 Å². The highest BCUT2D eigenvalue weighted by atomic mass is 16.5. The third-order valence-electron chi connectivity index (χ3n) is 12.4. The summed E-state index contributed by atoms with van der Waals surface area (Å²) in [5.74, 6) is 1.60. The minimum atomic E-state index is -0.273. The predicted octanol–water partition coefficient (Wildman–Crippen LogP) is 14.2. The number of hydrogen-bond donors (Lipinski definition) is 2. The van der Waals surface area contributed by atoms with E-state index in [1.807, 2.05) is 24.3 Å². The molecule has 3 aliphatic rings. The van der Waals surface area contributed by atoms with Crippen LogP contribution in [0.1, 0.15) is 47.5 Å². The van der Waals surface area contributed by atoms with Gasteiger partial charge >= 0.3 is 0 Å². The second-order valence-corrected chi connectivity index (χ2v) is 16.1. The Balaban J connectivity index is 0.965. The lowest BCUT2D eigenvalue weighted by Crippen LogP contribution is -2.19. The van der Waals surface area contributed by atoms with E-state index < -0.39 is 0 Å². The molecule has 0 amide bonds. The Hall–Kier alpha value is -7.76. The van der Waals surface area contributed by atoms with Crippen molar-refractivity contribution in [1.82, 2.24) is 9.97 Å². The number of allylic oxidation sites excluding steroid dienone is 4. The predicted molar refractivity (Wildman–Crippen MR) is 250 cm³/mol. The molecule has 3 heterocycles. The second-order valence-electron chi connectivity index (χ2n) is 16.1. The van der Waals surface area contributed by atoms with Crippen molar-refractivity contribution in [3.63, 3.8) is 0 Å². The highest BCUT2D eigenvalue weighted by Crippen LogP contribution is 2.54. The van der Waals surface area contributed by atoms with Crippen LogP contribution in [0.2, 0.25) is 0 Å². The van der Waals surface area contributed by atoms with Gasteiger partial charge in [0.05, 0.1) is 23.1 Å². The molecule has 2 aliphatic heterocycles. The van der Waals surface area contributed by atoms with Crippen LogP contribution in [-0.2, 0) is 0 Å². The van der Waals surface area contributed by atoms with Crippen molar-refractivity contribution in [3.05, 3.63) is 217 Å². The molecule has 2 unspecified atom stereocenters. The highest BCUT2D eigenvalue weighted by molar-refractivity contribution is 6.10. The van der Waals surface area contributed by atoms with Gasteiger partial charge in [-0.25, -0.2) is 9.97 Å². The van der Waals surface area contributed by atoms with E-state index in [0.29, 0.717) is 0 Å². The van der Waals surface area contributed by atoms with Gasteiger partial charge in [0, 0.05) is 33.5 Å². The first-order valence-corrected chi connectivity index (χ1v) is 21.1. The average molecular weight is 785 g/mol. The van der Waals surface area contributed by atoms with Crippen LogP contribution in [0.4, 0.5) is 11.4 Å². The van der Waals surface area contributed by atoms with Gasteiger partial charge in [0.15, 0.2) is 12.1 Å². The van der Waals surface area contributed by atoms with Crippen molar-refractivity contribution >= 4 is 38.5 Å². The summed E-state index contributed by atoms with van der Waals surface area (Å²) in [5.41, 5.74) is 15.4. The second kappa shape index (κ2) is 14.5. The Labute approximate surface area is 354 Å². The monoisotopic (exact) mass is 784 g/mol. The normalized spacial score (nSPS) is 16.2. The van der Waals surface area contributed by atoms with Gasteiger partial charge in [-0.3, -0.25) is 0 Å². The summed E-state index contributed by atoms with van der Waals surface area (Å²) < 4.78 is 6.61. The van der Waals surface area contributed by atoms with Gasteiger partial charge in [-0.15, -0.1) is 0 Å². The van der Waals surface area contributed by atoms with Crippen LogP contribution in [0.25, 0.3) is 72.0 Å². The lowest BCUT2D eigenvalue weighted by atomic mass is 9.82. The van der Waals surface area contributed by atoms with E-state index in [0.717, 1.165) is 80.6 Å². The number of benzene rings is 8. The molecule has 8 aromatic carbocycles. The van der Waals surface area contributed by atoms with Crippen LogP contribution in [0.3, 0.4) is 0 Å². The van der Waals surface area contributed by atoms with Crippen molar-refractivity contribution in [2.45, 2.75) is 25.1 Å². The fourth-order valence-corrected chi connectivity index (χ4v) is 9.43. The molecule has 1 aliphatic carbocycles. The topological polar surface area (TPSA) is 59.1 Å². The third-order valence-corrected chi connectivity index (χ3v) is 12.4. The van der Waals surface area contributed by atoms with Gasteiger partial charge < -0.3 is 15.4 Å². The Bertz CT molecular complexity index is 3230. The van der Waals surface area contributed by atoms with Gasteiger partial charge in [0.25, 0.3) is 0 Å². The zero-order valence-electron chi connectivity index (χ0n) is 33.3. The first-order chi connectivity index (χ1) is 30.2. The quantitative estimate of drug-likeness (QED) is 0.164. The number of anilines is 2. The standard InChI is InChI=1S/C56H40N4O/c1-4-14-36(15-5-1)48-34-49(59-55(58-48)38-16-6-2-7-17-38)37-26-24-35(25-27-37)40-28-29-45-50(33-40)57-53(47-32-41-20-10-11-21-42(41)43-22-12-13-23-44(43)47)46-30-31-51-54(52(45)46)60-56(61-51)39-18-8-3-9-19-39/h1-4,6-14,16-34,53,56-57,60H,5,15H2. The molecule has 12 rings (SSSR count). The molecule has 0 saturated heterocycles. The van der Waals surface area contributed by atoms with Crippen LogP contribution >= 0.6 is 0 Å². The third kappa shape index (κ3) is 6.17. The van der Waals surface area contributed by atoms with E-state index in [1.165, 1.54) is 43.8 Å². The van der Waals surface area contributed by atoms with E-state index in [4.69, 9.17) is 14.7 Å². The number of hydrogen-bond acceptors (Lipinski definition) is 5. The lowest BCUT2D eigenvalue weighted by molar-refractivity contribution is 0.260. The van der Waals surface area contributed by atoms with Crippen molar-refractivity contribution in [2.24, 2.45) is 0 Å². The Morgan fingerprint density at radius 3 is 2.08 bits per heavy atom. The maximum absolute atomic E-state index is 6.61. The van der Waals surface area contributed by atoms with Gasteiger partial charge in [-0.05, 0) is 86.5 Å². The molecule has 0 fully saturated rings. The Morgan fingerprint density at radius 2 is 1.26 bits per heavy atom. The maximum atomic E-state index is 6.61. The first-order valence-electron chi connectivity index (χ1n) is 21.1. The van der Waals surface area contributed by atoms with Crippen molar-refractivity contribution < 1.29 is 4.74 Å². The number of nitrogens with one attached hydrogen (secondary N) is 2. The molecular weight excluding hydrogens is 745 g/mol. The zero-order chi connectivity index (χ0) is 40.3. The van der Waals surface area contributed by atoms with E-state index in [-0.39, 0.29) is 12.3 Å². The Kier molecular flexibility index (Phi) is 8.37. The molecule has 0 spiro atoms. The molecule has 5 heteroatoms. The molecular formula is C56H40N4O. The molecule has 1 aromatic heterocycles. The average Bonchev–Trinajstić information content (AvgIpc) is 3.79. The smallest absolute Gasteiger partial charge is 0.196 e. The molecule has 290 valence electrons. The SMILES string of the molecule is C1=CCCC(c2cc(-c3ccc(-c4ccc5c(c4)NC(c4cc6ccccc6c6ccccc46)c4ccc6c(c4-5)NC(c4ccccc4)O6)cc3)nc(-c3ccccc3)n2)=C1. The minimum Gasteiger partial charge on any atom is -0.464 e. The maximum Gasteiger partial charge on any atom is 0.196 e. The van der Waals surface area contributed by atoms with Crippen molar-refractivity contribution in [2.75, 3.05) is 10.6 Å². The lowest BCUT2D eigenvalue weighted by Gasteiger charge is -2.32. The fourth-order valence-electron chi connectivity index (χ4n) is 9.43. The molecule has 5 nitrogen and oxygen atoms in total. The van der Waals surface area contributed by atoms with Crippen molar-refractivity contribution in [1.29, 1.82) is 0 Å². The van der Waals surface area contributed by atoms with Crippen LogP contribution in [-0.4, -0.2) is 9.97 Å².